The van der Waals surface area contributed by atoms with E-state index in [9.17, 15) is 0 Å². The van der Waals surface area contributed by atoms with Crippen molar-refractivity contribution in [1.29, 1.82) is 0 Å². The molecule has 0 spiro atoms. The summed E-state index contributed by atoms with van der Waals surface area (Å²) in [4.78, 5) is 0. The smallest absolute Gasteiger partial charge is 0.0731 e. The van der Waals surface area contributed by atoms with Crippen LogP contribution in [-0.4, -0.2) is 23.5 Å². The van der Waals surface area contributed by atoms with Gasteiger partial charge in [-0.15, -0.1) is 0 Å². The van der Waals surface area contributed by atoms with Crippen LogP contribution in [0.25, 0.3) is 0 Å². The van der Waals surface area contributed by atoms with Crippen molar-refractivity contribution in [3.63, 3.8) is 0 Å². The summed E-state index contributed by atoms with van der Waals surface area (Å²) in [5, 5.41) is 8.56. The van der Waals surface area contributed by atoms with E-state index in [4.69, 9.17) is 16.3 Å². The van der Waals surface area contributed by atoms with Crippen LogP contribution in [0.3, 0.4) is 0 Å². The number of methoxy groups -OCH3 is 1. The van der Waals surface area contributed by atoms with Crippen LogP contribution < -0.4 is 5.32 Å². The highest BCUT2D eigenvalue weighted by Gasteiger charge is 2.10. The Hall–Kier alpha value is -1.52. The van der Waals surface area contributed by atoms with Crippen LogP contribution >= 0.6 is 11.6 Å². The van der Waals surface area contributed by atoms with Crippen molar-refractivity contribution < 1.29 is 4.74 Å². The molecule has 5 heteroatoms. The zero-order valence-corrected chi connectivity index (χ0v) is 12.6. The van der Waals surface area contributed by atoms with Gasteiger partial charge in [0.05, 0.1) is 31.1 Å². The number of hydrogen-bond donors (Lipinski definition) is 1. The molecule has 2 aromatic rings. The molecule has 20 heavy (non-hydrogen) atoms. The van der Waals surface area contributed by atoms with Gasteiger partial charge in [-0.05, 0) is 24.1 Å². The number of hydrogen-bond acceptors (Lipinski definition) is 3. The summed E-state index contributed by atoms with van der Waals surface area (Å²) in [6.07, 6.45) is 4.83. The number of halogens is 1. The second kappa shape index (κ2) is 7.31. The molecule has 1 aromatic carbocycles. The molecular formula is C15H20ClN3O. The lowest BCUT2D eigenvalue weighted by Gasteiger charge is -2.17. The topological polar surface area (TPSA) is 39.1 Å². The third-order valence-electron chi connectivity index (χ3n) is 3.18. The highest BCUT2D eigenvalue weighted by atomic mass is 35.5. The third-order valence-corrected chi connectivity index (χ3v) is 3.43. The number of rotatable bonds is 7. The predicted octanol–water partition coefficient (Wildman–Crippen LogP) is 3.75. The van der Waals surface area contributed by atoms with Crippen LogP contribution in [0.2, 0.25) is 5.02 Å². The van der Waals surface area contributed by atoms with E-state index in [1.807, 2.05) is 29.2 Å². The summed E-state index contributed by atoms with van der Waals surface area (Å²) < 4.78 is 6.92. The Balaban J connectivity index is 2.02. The zero-order chi connectivity index (χ0) is 14.4. The van der Waals surface area contributed by atoms with Gasteiger partial charge in [0.25, 0.3) is 0 Å². The van der Waals surface area contributed by atoms with Crippen LogP contribution in [0.5, 0.6) is 0 Å². The van der Waals surface area contributed by atoms with E-state index >= 15 is 0 Å². The molecule has 1 aromatic heterocycles. The second-order valence-corrected chi connectivity index (χ2v) is 5.08. The first-order valence-electron chi connectivity index (χ1n) is 6.76. The molecule has 1 atom stereocenters. The average Bonchev–Trinajstić information content (AvgIpc) is 2.91. The van der Waals surface area contributed by atoms with E-state index in [1.54, 1.807) is 7.11 Å². The van der Waals surface area contributed by atoms with Crippen molar-refractivity contribution in [3.8, 4) is 0 Å². The van der Waals surface area contributed by atoms with Crippen molar-refractivity contribution >= 4 is 17.3 Å². The van der Waals surface area contributed by atoms with E-state index in [2.05, 4.69) is 29.5 Å². The van der Waals surface area contributed by atoms with Gasteiger partial charge in [-0.1, -0.05) is 30.7 Å². The maximum Gasteiger partial charge on any atom is 0.0731 e. The Bertz CT molecular complexity index is 524. The molecule has 0 saturated heterocycles. The van der Waals surface area contributed by atoms with Gasteiger partial charge in [-0.3, -0.25) is 4.68 Å². The predicted molar refractivity (Wildman–Crippen MR) is 82.2 cm³/mol. The van der Waals surface area contributed by atoms with Crippen LogP contribution in [0, 0.1) is 0 Å². The minimum absolute atomic E-state index is 0.257. The molecule has 108 valence electrons. The van der Waals surface area contributed by atoms with Gasteiger partial charge >= 0.3 is 0 Å². The van der Waals surface area contributed by atoms with Crippen molar-refractivity contribution in [2.24, 2.45) is 0 Å². The largest absolute Gasteiger partial charge is 0.383 e. The Morgan fingerprint density at radius 2 is 2.10 bits per heavy atom. The standard InChI is InChI=1S/C15H20ClN3O/c1-3-15(12-4-6-13(16)7-5-12)18-14-10-17-19(11-14)8-9-20-2/h4-7,10-11,15,18H,3,8-9H2,1-2H3. The van der Waals surface area contributed by atoms with E-state index in [1.165, 1.54) is 5.56 Å². The lowest BCUT2D eigenvalue weighted by atomic mass is 10.0. The number of nitrogens with one attached hydrogen (secondary N) is 1. The van der Waals surface area contributed by atoms with E-state index < -0.39 is 0 Å². The van der Waals surface area contributed by atoms with Crippen LogP contribution in [0.15, 0.2) is 36.7 Å². The molecule has 0 saturated carbocycles. The Morgan fingerprint density at radius 3 is 2.75 bits per heavy atom. The van der Waals surface area contributed by atoms with Crippen LogP contribution in [0.4, 0.5) is 5.69 Å². The first kappa shape index (κ1) is 14.9. The number of benzene rings is 1. The number of anilines is 1. The molecule has 0 bridgehead atoms. The fraction of sp³-hybridized carbons (Fsp3) is 0.400. The zero-order valence-electron chi connectivity index (χ0n) is 11.8. The summed E-state index contributed by atoms with van der Waals surface area (Å²) in [6.45, 7) is 3.58. The fourth-order valence-electron chi connectivity index (χ4n) is 2.06. The maximum absolute atomic E-state index is 5.93. The van der Waals surface area contributed by atoms with Gasteiger partial charge in [0.1, 0.15) is 0 Å². The highest BCUT2D eigenvalue weighted by Crippen LogP contribution is 2.23. The molecule has 0 aliphatic heterocycles. The first-order chi connectivity index (χ1) is 9.72. The fourth-order valence-corrected chi connectivity index (χ4v) is 2.19. The van der Waals surface area contributed by atoms with Crippen molar-refractivity contribution in [3.05, 3.63) is 47.2 Å². The Morgan fingerprint density at radius 1 is 1.35 bits per heavy atom. The van der Waals surface area contributed by atoms with Gasteiger partial charge < -0.3 is 10.1 Å². The van der Waals surface area contributed by atoms with E-state index in [-0.39, 0.29) is 6.04 Å². The SMILES string of the molecule is CCC(Nc1cnn(CCOC)c1)c1ccc(Cl)cc1. The van der Waals surface area contributed by atoms with Gasteiger partial charge in [-0.2, -0.15) is 5.10 Å². The molecule has 0 fully saturated rings. The van der Waals surface area contributed by atoms with Gasteiger partial charge in [0, 0.05) is 18.3 Å². The number of ether oxygens (including phenoxy) is 1. The van der Waals surface area contributed by atoms with Gasteiger partial charge in [0.2, 0.25) is 0 Å². The quantitative estimate of drug-likeness (QED) is 0.845. The average molecular weight is 294 g/mol. The van der Waals surface area contributed by atoms with Crippen molar-refractivity contribution in [2.45, 2.75) is 25.9 Å². The van der Waals surface area contributed by atoms with Gasteiger partial charge in [-0.25, -0.2) is 0 Å². The molecule has 1 unspecified atom stereocenters. The lowest BCUT2D eigenvalue weighted by Crippen LogP contribution is -2.09. The summed E-state index contributed by atoms with van der Waals surface area (Å²) in [5.74, 6) is 0. The first-order valence-corrected chi connectivity index (χ1v) is 7.14. The van der Waals surface area contributed by atoms with E-state index in [0.29, 0.717) is 6.61 Å². The lowest BCUT2D eigenvalue weighted by molar-refractivity contribution is 0.183. The molecule has 0 radical (unpaired) electrons. The minimum atomic E-state index is 0.257. The number of aromatic nitrogens is 2. The summed E-state index contributed by atoms with van der Waals surface area (Å²) in [5.41, 5.74) is 2.24. The molecule has 0 aliphatic rings. The normalized spacial score (nSPS) is 12.3. The molecule has 1 heterocycles. The molecule has 4 nitrogen and oxygen atoms in total. The Labute approximate surface area is 124 Å². The van der Waals surface area contributed by atoms with Crippen LogP contribution in [-0.2, 0) is 11.3 Å². The summed E-state index contributed by atoms with van der Waals surface area (Å²) in [6, 6.07) is 8.21. The molecule has 0 aliphatic carbocycles. The molecule has 1 N–H and O–H groups in total. The van der Waals surface area contributed by atoms with E-state index in [0.717, 1.165) is 23.7 Å². The number of nitrogens with zero attached hydrogens (tertiary/aromatic N) is 2. The molecular weight excluding hydrogens is 274 g/mol. The van der Waals surface area contributed by atoms with Gasteiger partial charge in [0.15, 0.2) is 0 Å². The summed E-state index contributed by atoms with van der Waals surface area (Å²) >= 11 is 5.93. The molecule has 0 amide bonds. The maximum atomic E-state index is 5.93. The summed E-state index contributed by atoms with van der Waals surface area (Å²) in [7, 11) is 1.69. The Kier molecular flexibility index (Phi) is 5.44. The monoisotopic (exact) mass is 293 g/mol. The molecule has 2 rings (SSSR count). The third kappa shape index (κ3) is 3.99. The highest BCUT2D eigenvalue weighted by molar-refractivity contribution is 6.30. The second-order valence-electron chi connectivity index (χ2n) is 4.64. The minimum Gasteiger partial charge on any atom is -0.383 e. The van der Waals surface area contributed by atoms with Crippen molar-refractivity contribution in [2.75, 3.05) is 19.0 Å². The van der Waals surface area contributed by atoms with Crippen molar-refractivity contribution in [1.82, 2.24) is 9.78 Å². The van der Waals surface area contributed by atoms with Crippen LogP contribution in [0.1, 0.15) is 24.9 Å².